The Bertz CT molecular complexity index is 179. The van der Waals surface area contributed by atoms with E-state index in [4.69, 9.17) is 5.73 Å². The standard InChI is InChI=1S/C11H25N3O/c1-9(12)11(8-15)14(3)10-4-6-13(2)7-5-10/h9-11,15H,4-8,12H2,1-3H3. The topological polar surface area (TPSA) is 52.7 Å². The van der Waals surface area contributed by atoms with Crippen molar-refractivity contribution in [3.05, 3.63) is 0 Å². The van der Waals surface area contributed by atoms with Crippen LogP contribution in [0.2, 0.25) is 0 Å². The summed E-state index contributed by atoms with van der Waals surface area (Å²) in [4.78, 5) is 4.61. The molecule has 0 bridgehead atoms. The fraction of sp³-hybridized carbons (Fsp3) is 1.00. The smallest absolute Gasteiger partial charge is 0.0601 e. The van der Waals surface area contributed by atoms with Gasteiger partial charge in [-0.2, -0.15) is 0 Å². The van der Waals surface area contributed by atoms with Gasteiger partial charge in [0, 0.05) is 18.1 Å². The number of aliphatic hydroxyl groups excluding tert-OH is 1. The van der Waals surface area contributed by atoms with Crippen LogP contribution in [0.3, 0.4) is 0 Å². The first kappa shape index (κ1) is 12.9. The molecule has 0 amide bonds. The zero-order valence-corrected chi connectivity index (χ0v) is 10.2. The van der Waals surface area contributed by atoms with Gasteiger partial charge in [0.25, 0.3) is 0 Å². The number of likely N-dealkylation sites (N-methyl/N-ethyl adjacent to an activating group) is 1. The number of aliphatic hydroxyl groups is 1. The van der Waals surface area contributed by atoms with Crippen LogP contribution in [0.1, 0.15) is 19.8 Å². The summed E-state index contributed by atoms with van der Waals surface area (Å²) in [5.41, 5.74) is 5.87. The van der Waals surface area contributed by atoms with Crippen LogP contribution >= 0.6 is 0 Å². The minimum atomic E-state index is 0.0275. The van der Waals surface area contributed by atoms with Crippen molar-refractivity contribution in [1.82, 2.24) is 9.80 Å². The third-order valence-corrected chi connectivity index (χ3v) is 3.58. The minimum absolute atomic E-state index is 0.0275. The zero-order valence-electron chi connectivity index (χ0n) is 10.2. The van der Waals surface area contributed by atoms with Crippen LogP contribution in [0, 0.1) is 0 Å². The van der Waals surface area contributed by atoms with Gasteiger partial charge in [0.05, 0.1) is 6.61 Å². The van der Waals surface area contributed by atoms with Gasteiger partial charge in [0.15, 0.2) is 0 Å². The molecule has 90 valence electrons. The number of rotatable bonds is 4. The number of likely N-dealkylation sites (tertiary alicyclic amines) is 1. The molecule has 0 radical (unpaired) electrons. The fourth-order valence-corrected chi connectivity index (χ4v) is 2.34. The summed E-state index contributed by atoms with van der Waals surface area (Å²) < 4.78 is 0. The molecule has 2 unspecified atom stereocenters. The Balaban J connectivity index is 2.47. The van der Waals surface area contributed by atoms with Crippen LogP contribution in [0.25, 0.3) is 0 Å². The van der Waals surface area contributed by atoms with Gasteiger partial charge < -0.3 is 15.7 Å². The average molecular weight is 215 g/mol. The molecule has 3 N–H and O–H groups in total. The molecule has 1 aliphatic rings. The highest BCUT2D eigenvalue weighted by Crippen LogP contribution is 2.17. The Morgan fingerprint density at radius 2 is 2.00 bits per heavy atom. The highest BCUT2D eigenvalue weighted by Gasteiger charge is 2.27. The van der Waals surface area contributed by atoms with E-state index in [1.807, 2.05) is 6.92 Å². The summed E-state index contributed by atoms with van der Waals surface area (Å²) in [5.74, 6) is 0. The van der Waals surface area contributed by atoms with E-state index in [2.05, 4.69) is 23.9 Å². The first-order valence-electron chi connectivity index (χ1n) is 5.83. The summed E-state index contributed by atoms with van der Waals surface area (Å²) in [7, 11) is 4.24. The quantitative estimate of drug-likeness (QED) is 0.677. The number of hydrogen-bond acceptors (Lipinski definition) is 4. The first-order chi connectivity index (χ1) is 7.06. The van der Waals surface area contributed by atoms with Crippen LogP contribution in [0.5, 0.6) is 0 Å². The molecule has 1 rings (SSSR count). The predicted octanol–water partition coefficient (Wildman–Crippen LogP) is -0.279. The van der Waals surface area contributed by atoms with Gasteiger partial charge in [-0.15, -0.1) is 0 Å². The predicted molar refractivity (Wildman–Crippen MR) is 62.8 cm³/mol. The highest BCUT2D eigenvalue weighted by molar-refractivity contribution is 4.84. The lowest BCUT2D eigenvalue weighted by Gasteiger charge is -2.40. The highest BCUT2D eigenvalue weighted by atomic mass is 16.3. The average Bonchev–Trinajstić information content (AvgIpc) is 2.19. The van der Waals surface area contributed by atoms with Gasteiger partial charge in [0.1, 0.15) is 0 Å². The summed E-state index contributed by atoms with van der Waals surface area (Å²) >= 11 is 0. The van der Waals surface area contributed by atoms with Crippen LogP contribution in [0.15, 0.2) is 0 Å². The largest absolute Gasteiger partial charge is 0.395 e. The van der Waals surface area contributed by atoms with Crippen molar-refractivity contribution in [3.63, 3.8) is 0 Å². The van der Waals surface area contributed by atoms with Crippen molar-refractivity contribution in [1.29, 1.82) is 0 Å². The van der Waals surface area contributed by atoms with E-state index in [-0.39, 0.29) is 18.7 Å². The Morgan fingerprint density at radius 1 is 1.47 bits per heavy atom. The van der Waals surface area contributed by atoms with Gasteiger partial charge in [-0.05, 0) is 47.0 Å². The monoisotopic (exact) mass is 215 g/mol. The third kappa shape index (κ3) is 3.41. The Morgan fingerprint density at radius 3 is 2.40 bits per heavy atom. The number of piperidine rings is 1. The van der Waals surface area contributed by atoms with Gasteiger partial charge in [-0.1, -0.05) is 0 Å². The second-order valence-corrected chi connectivity index (χ2v) is 4.81. The molecule has 4 heteroatoms. The lowest BCUT2D eigenvalue weighted by Crippen LogP contribution is -2.53. The van der Waals surface area contributed by atoms with Gasteiger partial charge >= 0.3 is 0 Å². The summed E-state index contributed by atoms with van der Waals surface area (Å²) in [6, 6.07) is 0.697. The molecular weight excluding hydrogens is 190 g/mol. The van der Waals surface area contributed by atoms with Crippen molar-refractivity contribution in [2.75, 3.05) is 33.8 Å². The number of hydrogen-bond donors (Lipinski definition) is 2. The van der Waals surface area contributed by atoms with Crippen LogP contribution in [-0.2, 0) is 0 Å². The first-order valence-corrected chi connectivity index (χ1v) is 5.83. The molecule has 1 fully saturated rings. The fourth-order valence-electron chi connectivity index (χ4n) is 2.34. The van der Waals surface area contributed by atoms with Crippen LogP contribution in [0.4, 0.5) is 0 Å². The van der Waals surface area contributed by atoms with E-state index in [1.165, 1.54) is 12.8 Å². The summed E-state index contributed by atoms with van der Waals surface area (Å²) in [6.07, 6.45) is 2.35. The molecule has 0 aromatic carbocycles. The molecule has 0 aromatic heterocycles. The molecule has 1 saturated heterocycles. The maximum atomic E-state index is 9.32. The molecule has 15 heavy (non-hydrogen) atoms. The van der Waals surface area contributed by atoms with Crippen molar-refractivity contribution >= 4 is 0 Å². The normalized spacial score (nSPS) is 24.4. The second-order valence-electron chi connectivity index (χ2n) is 4.81. The van der Waals surface area contributed by atoms with Gasteiger partial charge in [-0.3, -0.25) is 4.90 Å². The Kier molecular flexibility index (Phi) is 4.99. The SMILES string of the molecule is CC(N)C(CO)N(C)C1CCN(C)CC1. The molecule has 0 spiro atoms. The van der Waals surface area contributed by atoms with E-state index >= 15 is 0 Å². The molecular formula is C11H25N3O. The third-order valence-electron chi connectivity index (χ3n) is 3.58. The molecule has 0 aromatic rings. The lowest BCUT2D eigenvalue weighted by atomic mass is 10.0. The molecule has 2 atom stereocenters. The minimum Gasteiger partial charge on any atom is -0.395 e. The summed E-state index contributed by atoms with van der Waals surface area (Å²) in [6.45, 7) is 4.41. The Labute approximate surface area is 93.0 Å². The van der Waals surface area contributed by atoms with Crippen molar-refractivity contribution in [2.45, 2.75) is 37.9 Å². The zero-order chi connectivity index (χ0) is 11.4. The van der Waals surface area contributed by atoms with Crippen molar-refractivity contribution < 1.29 is 5.11 Å². The maximum Gasteiger partial charge on any atom is 0.0601 e. The van der Waals surface area contributed by atoms with Crippen LogP contribution < -0.4 is 5.73 Å². The van der Waals surface area contributed by atoms with Crippen molar-refractivity contribution in [2.24, 2.45) is 5.73 Å². The van der Waals surface area contributed by atoms with Gasteiger partial charge in [0.2, 0.25) is 0 Å². The number of nitrogens with two attached hydrogens (primary N) is 1. The lowest BCUT2D eigenvalue weighted by molar-refractivity contribution is 0.0632. The molecule has 1 aliphatic heterocycles. The number of nitrogens with zero attached hydrogens (tertiary/aromatic N) is 2. The molecule has 1 heterocycles. The van der Waals surface area contributed by atoms with Crippen LogP contribution in [-0.4, -0.2) is 66.8 Å². The van der Waals surface area contributed by atoms with E-state index < -0.39 is 0 Å². The van der Waals surface area contributed by atoms with E-state index in [1.54, 1.807) is 0 Å². The molecule has 0 saturated carbocycles. The van der Waals surface area contributed by atoms with E-state index in [9.17, 15) is 5.11 Å². The summed E-state index contributed by atoms with van der Waals surface area (Å²) in [5, 5.41) is 9.32. The van der Waals surface area contributed by atoms with Gasteiger partial charge in [-0.25, -0.2) is 0 Å². The molecule has 4 nitrogen and oxygen atoms in total. The second kappa shape index (κ2) is 5.80. The van der Waals surface area contributed by atoms with E-state index in [0.29, 0.717) is 6.04 Å². The van der Waals surface area contributed by atoms with E-state index in [0.717, 1.165) is 13.1 Å². The van der Waals surface area contributed by atoms with Crippen molar-refractivity contribution in [3.8, 4) is 0 Å². The molecule has 0 aliphatic carbocycles. The maximum absolute atomic E-state index is 9.32. The Hall–Kier alpha value is -0.160.